The molecule has 1 heterocycles. The SMILES string of the molecule is N#Cc1ccnc(-c2ccccc2C(=O)c2ccccc2)c1Cl. The summed E-state index contributed by atoms with van der Waals surface area (Å²) < 4.78 is 0. The Morgan fingerprint density at radius 3 is 2.43 bits per heavy atom. The van der Waals surface area contributed by atoms with Crippen LogP contribution in [-0.4, -0.2) is 10.8 Å². The maximum Gasteiger partial charge on any atom is 0.193 e. The molecule has 0 saturated heterocycles. The van der Waals surface area contributed by atoms with Crippen molar-refractivity contribution in [3.05, 3.63) is 88.6 Å². The second-order valence-electron chi connectivity index (χ2n) is 4.87. The van der Waals surface area contributed by atoms with Crippen LogP contribution in [0.3, 0.4) is 0 Å². The fraction of sp³-hybridized carbons (Fsp3) is 0. The smallest absolute Gasteiger partial charge is 0.193 e. The molecule has 0 amide bonds. The molecule has 0 saturated carbocycles. The first-order chi connectivity index (χ1) is 11.2. The first-order valence-corrected chi connectivity index (χ1v) is 7.34. The van der Waals surface area contributed by atoms with Gasteiger partial charge in [0.2, 0.25) is 0 Å². The largest absolute Gasteiger partial charge is 0.289 e. The van der Waals surface area contributed by atoms with Crippen molar-refractivity contribution in [1.82, 2.24) is 4.98 Å². The van der Waals surface area contributed by atoms with Gasteiger partial charge in [0.25, 0.3) is 0 Å². The predicted octanol–water partition coefficient (Wildman–Crippen LogP) is 4.50. The lowest BCUT2D eigenvalue weighted by atomic mass is 9.96. The van der Waals surface area contributed by atoms with E-state index in [-0.39, 0.29) is 10.8 Å². The average Bonchev–Trinajstić information content (AvgIpc) is 2.62. The van der Waals surface area contributed by atoms with Gasteiger partial charge in [-0.2, -0.15) is 5.26 Å². The van der Waals surface area contributed by atoms with Gasteiger partial charge in [0.15, 0.2) is 5.78 Å². The molecule has 0 fully saturated rings. The Morgan fingerprint density at radius 1 is 1.00 bits per heavy atom. The molecular formula is C19H11ClN2O. The molecular weight excluding hydrogens is 308 g/mol. The van der Waals surface area contributed by atoms with Crippen molar-refractivity contribution in [2.75, 3.05) is 0 Å². The number of carbonyl (C=O) groups excluding carboxylic acids is 1. The van der Waals surface area contributed by atoms with Crippen molar-refractivity contribution in [1.29, 1.82) is 5.26 Å². The summed E-state index contributed by atoms with van der Waals surface area (Å²) in [6.07, 6.45) is 1.52. The Bertz CT molecular complexity index is 914. The Balaban J connectivity index is 2.17. The number of nitriles is 1. The lowest BCUT2D eigenvalue weighted by Crippen LogP contribution is -2.04. The van der Waals surface area contributed by atoms with Crippen LogP contribution in [0.25, 0.3) is 11.3 Å². The van der Waals surface area contributed by atoms with E-state index in [2.05, 4.69) is 4.98 Å². The van der Waals surface area contributed by atoms with Crippen LogP contribution in [0.2, 0.25) is 5.02 Å². The molecule has 0 bridgehead atoms. The van der Waals surface area contributed by atoms with Crippen LogP contribution in [0.5, 0.6) is 0 Å². The molecule has 1 aromatic heterocycles. The summed E-state index contributed by atoms with van der Waals surface area (Å²) in [5, 5.41) is 9.37. The third-order valence-electron chi connectivity index (χ3n) is 3.47. The number of benzene rings is 2. The van der Waals surface area contributed by atoms with Gasteiger partial charge >= 0.3 is 0 Å². The Hall–Kier alpha value is -2.96. The van der Waals surface area contributed by atoms with E-state index in [4.69, 9.17) is 16.9 Å². The van der Waals surface area contributed by atoms with Gasteiger partial charge in [-0.05, 0) is 6.07 Å². The maximum absolute atomic E-state index is 12.8. The summed E-state index contributed by atoms with van der Waals surface area (Å²) in [6, 6.07) is 19.7. The van der Waals surface area contributed by atoms with Crippen molar-refractivity contribution < 1.29 is 4.79 Å². The molecule has 0 aliphatic rings. The highest BCUT2D eigenvalue weighted by Crippen LogP contribution is 2.31. The van der Waals surface area contributed by atoms with Crippen molar-refractivity contribution in [3.63, 3.8) is 0 Å². The molecule has 110 valence electrons. The summed E-state index contributed by atoms with van der Waals surface area (Å²) in [5.41, 5.74) is 2.48. The first-order valence-electron chi connectivity index (χ1n) is 6.96. The molecule has 23 heavy (non-hydrogen) atoms. The van der Waals surface area contributed by atoms with Crippen molar-refractivity contribution in [2.24, 2.45) is 0 Å². The number of aromatic nitrogens is 1. The molecule has 0 radical (unpaired) electrons. The zero-order valence-electron chi connectivity index (χ0n) is 12.0. The van der Waals surface area contributed by atoms with Crippen LogP contribution >= 0.6 is 11.6 Å². The lowest BCUT2D eigenvalue weighted by molar-refractivity contribution is 0.103. The molecule has 0 spiro atoms. The number of nitrogens with zero attached hydrogens (tertiary/aromatic N) is 2. The van der Waals surface area contributed by atoms with Crippen LogP contribution in [0.4, 0.5) is 0 Å². The fourth-order valence-electron chi connectivity index (χ4n) is 2.35. The Morgan fingerprint density at radius 2 is 1.70 bits per heavy atom. The lowest BCUT2D eigenvalue weighted by Gasteiger charge is -2.10. The highest BCUT2D eigenvalue weighted by atomic mass is 35.5. The highest BCUT2D eigenvalue weighted by Gasteiger charge is 2.18. The van der Waals surface area contributed by atoms with Gasteiger partial charge in [0.05, 0.1) is 16.3 Å². The Kier molecular flexibility index (Phi) is 4.18. The molecule has 0 aliphatic heterocycles. The van der Waals surface area contributed by atoms with E-state index < -0.39 is 0 Å². The quantitative estimate of drug-likeness (QED) is 0.668. The van der Waals surface area contributed by atoms with Gasteiger partial charge in [-0.25, -0.2) is 0 Å². The molecule has 0 atom stereocenters. The van der Waals surface area contributed by atoms with E-state index in [1.807, 2.05) is 30.3 Å². The monoisotopic (exact) mass is 318 g/mol. The van der Waals surface area contributed by atoms with Gasteiger partial charge in [0.1, 0.15) is 6.07 Å². The van der Waals surface area contributed by atoms with E-state index in [9.17, 15) is 4.79 Å². The summed E-state index contributed by atoms with van der Waals surface area (Å²) in [7, 11) is 0. The molecule has 0 aliphatic carbocycles. The third-order valence-corrected chi connectivity index (χ3v) is 3.86. The number of rotatable bonds is 3. The normalized spacial score (nSPS) is 10.1. The minimum absolute atomic E-state index is 0.110. The van der Waals surface area contributed by atoms with Crippen LogP contribution in [0.1, 0.15) is 21.5 Å². The van der Waals surface area contributed by atoms with E-state index in [1.165, 1.54) is 6.20 Å². The standard InChI is InChI=1S/C19H11ClN2O/c20-17-14(12-21)10-11-22-18(17)15-8-4-5-9-16(15)19(23)13-6-2-1-3-7-13/h1-11H. The fourth-order valence-corrected chi connectivity index (χ4v) is 2.61. The molecule has 2 aromatic carbocycles. The second-order valence-corrected chi connectivity index (χ2v) is 5.25. The number of carbonyl (C=O) groups is 1. The van der Waals surface area contributed by atoms with Crippen molar-refractivity contribution in [3.8, 4) is 17.3 Å². The Labute approximate surface area is 138 Å². The number of ketones is 1. The predicted molar refractivity (Wildman–Crippen MR) is 89.3 cm³/mol. The van der Waals surface area contributed by atoms with Gasteiger partial charge < -0.3 is 0 Å². The van der Waals surface area contributed by atoms with Gasteiger partial charge in [0, 0.05) is 22.9 Å². The van der Waals surface area contributed by atoms with E-state index in [0.29, 0.717) is 27.9 Å². The number of hydrogen-bond donors (Lipinski definition) is 0. The van der Waals surface area contributed by atoms with E-state index >= 15 is 0 Å². The van der Waals surface area contributed by atoms with E-state index in [1.54, 1.807) is 36.4 Å². The highest BCUT2D eigenvalue weighted by molar-refractivity contribution is 6.34. The van der Waals surface area contributed by atoms with Crippen LogP contribution in [-0.2, 0) is 0 Å². The topological polar surface area (TPSA) is 53.8 Å². The van der Waals surface area contributed by atoms with Crippen LogP contribution < -0.4 is 0 Å². The summed E-state index contributed by atoms with van der Waals surface area (Å²) in [6.45, 7) is 0. The zero-order valence-corrected chi connectivity index (χ0v) is 12.8. The van der Waals surface area contributed by atoms with Crippen LogP contribution in [0.15, 0.2) is 66.9 Å². The molecule has 0 unspecified atom stereocenters. The third kappa shape index (κ3) is 2.85. The minimum atomic E-state index is -0.110. The average molecular weight is 319 g/mol. The molecule has 0 N–H and O–H groups in total. The first kappa shape index (κ1) is 15.0. The second kappa shape index (κ2) is 6.43. The maximum atomic E-state index is 12.8. The van der Waals surface area contributed by atoms with Crippen molar-refractivity contribution in [2.45, 2.75) is 0 Å². The number of pyridine rings is 1. The van der Waals surface area contributed by atoms with Crippen LogP contribution in [0, 0.1) is 11.3 Å². The van der Waals surface area contributed by atoms with Gasteiger partial charge in [-0.1, -0.05) is 66.2 Å². The minimum Gasteiger partial charge on any atom is -0.289 e. The summed E-state index contributed by atoms with van der Waals surface area (Å²) in [5.74, 6) is -0.110. The van der Waals surface area contributed by atoms with Crippen molar-refractivity contribution >= 4 is 17.4 Å². The molecule has 3 nitrogen and oxygen atoms in total. The van der Waals surface area contributed by atoms with E-state index in [0.717, 1.165) is 0 Å². The number of halogens is 1. The summed E-state index contributed by atoms with van der Waals surface area (Å²) >= 11 is 6.27. The van der Waals surface area contributed by atoms with Gasteiger partial charge in [-0.15, -0.1) is 0 Å². The zero-order chi connectivity index (χ0) is 16.2. The molecule has 3 aromatic rings. The number of hydrogen-bond acceptors (Lipinski definition) is 3. The van der Waals surface area contributed by atoms with Gasteiger partial charge in [-0.3, -0.25) is 9.78 Å². The molecule has 4 heteroatoms. The summed E-state index contributed by atoms with van der Waals surface area (Å²) in [4.78, 5) is 17.0. The molecule has 3 rings (SSSR count).